The maximum absolute atomic E-state index is 13.2. The molecule has 5 nitrogen and oxygen atoms in total. The average molecular weight is 466 g/mol. The average Bonchev–Trinajstić information content (AvgIpc) is 2.88. The van der Waals surface area contributed by atoms with Gasteiger partial charge in [0.25, 0.3) is 0 Å². The van der Waals surface area contributed by atoms with Crippen molar-refractivity contribution in [3.8, 4) is 0 Å². The van der Waals surface area contributed by atoms with Crippen molar-refractivity contribution < 1.29 is 14.4 Å². The molecule has 1 aliphatic heterocycles. The molecule has 2 aromatic carbocycles. The van der Waals surface area contributed by atoms with Gasteiger partial charge in [-0.05, 0) is 74.8 Å². The van der Waals surface area contributed by atoms with Crippen molar-refractivity contribution in [2.24, 2.45) is 11.1 Å². The SMILES string of the molecule is CC(C(=O)NC1CCN(CCC/C(=N\O)c2ccc(F)cc2)C2CCCCC12)c1ccccc1. The molecule has 34 heavy (non-hydrogen) atoms. The van der Waals surface area contributed by atoms with Crippen LogP contribution in [-0.4, -0.2) is 46.9 Å². The molecule has 0 bridgehead atoms. The van der Waals surface area contributed by atoms with Crippen molar-refractivity contribution in [1.29, 1.82) is 0 Å². The molecule has 1 saturated heterocycles. The zero-order chi connectivity index (χ0) is 23.9. The Labute approximate surface area is 202 Å². The molecule has 182 valence electrons. The molecule has 1 saturated carbocycles. The van der Waals surface area contributed by atoms with E-state index in [4.69, 9.17) is 0 Å². The van der Waals surface area contributed by atoms with Gasteiger partial charge >= 0.3 is 0 Å². The van der Waals surface area contributed by atoms with Gasteiger partial charge in [0.2, 0.25) is 5.91 Å². The Morgan fingerprint density at radius 2 is 1.85 bits per heavy atom. The number of halogens is 1. The lowest BCUT2D eigenvalue weighted by atomic mass is 9.75. The molecule has 4 unspecified atom stereocenters. The highest BCUT2D eigenvalue weighted by Gasteiger charge is 2.40. The van der Waals surface area contributed by atoms with E-state index in [0.29, 0.717) is 24.1 Å². The van der Waals surface area contributed by atoms with Crippen molar-refractivity contribution in [2.45, 2.75) is 69.9 Å². The summed E-state index contributed by atoms with van der Waals surface area (Å²) < 4.78 is 13.2. The van der Waals surface area contributed by atoms with E-state index in [9.17, 15) is 14.4 Å². The number of carbonyl (C=O) groups is 1. The van der Waals surface area contributed by atoms with Crippen LogP contribution >= 0.6 is 0 Å². The van der Waals surface area contributed by atoms with Gasteiger partial charge in [0.1, 0.15) is 5.82 Å². The van der Waals surface area contributed by atoms with Gasteiger partial charge in [-0.2, -0.15) is 0 Å². The lowest BCUT2D eigenvalue weighted by molar-refractivity contribution is -0.124. The van der Waals surface area contributed by atoms with Crippen LogP contribution in [-0.2, 0) is 4.79 Å². The zero-order valence-corrected chi connectivity index (χ0v) is 20.0. The Bertz CT molecular complexity index is 963. The van der Waals surface area contributed by atoms with Crippen LogP contribution in [0.1, 0.15) is 68.9 Å². The van der Waals surface area contributed by atoms with E-state index in [1.54, 1.807) is 12.1 Å². The number of fused-ring (bicyclic) bond motifs is 1. The van der Waals surface area contributed by atoms with Crippen molar-refractivity contribution in [3.05, 3.63) is 71.5 Å². The molecule has 2 aromatic rings. The van der Waals surface area contributed by atoms with Crippen LogP contribution in [0.15, 0.2) is 59.8 Å². The number of hydrogen-bond donors (Lipinski definition) is 2. The highest BCUT2D eigenvalue weighted by molar-refractivity contribution is 6.00. The molecular formula is C28H36FN3O2. The van der Waals surface area contributed by atoms with E-state index in [1.165, 1.54) is 31.4 Å². The Kier molecular flexibility index (Phi) is 8.33. The van der Waals surface area contributed by atoms with Crippen LogP contribution in [0.25, 0.3) is 0 Å². The van der Waals surface area contributed by atoms with Crippen molar-refractivity contribution in [2.75, 3.05) is 13.1 Å². The molecule has 0 aromatic heterocycles. The van der Waals surface area contributed by atoms with Gasteiger partial charge in [-0.25, -0.2) is 4.39 Å². The van der Waals surface area contributed by atoms with Crippen molar-refractivity contribution >= 4 is 11.6 Å². The van der Waals surface area contributed by atoms with Crippen LogP contribution in [0.4, 0.5) is 4.39 Å². The number of amides is 1. The summed E-state index contributed by atoms with van der Waals surface area (Å²) in [5, 5.41) is 16.3. The molecule has 0 radical (unpaired) electrons. The number of rotatable bonds is 8. The fourth-order valence-electron chi connectivity index (χ4n) is 5.75. The summed E-state index contributed by atoms with van der Waals surface area (Å²) >= 11 is 0. The highest BCUT2D eigenvalue weighted by Crippen LogP contribution is 2.36. The Morgan fingerprint density at radius 3 is 2.59 bits per heavy atom. The number of oxime groups is 1. The van der Waals surface area contributed by atoms with E-state index in [1.807, 2.05) is 37.3 Å². The van der Waals surface area contributed by atoms with E-state index in [-0.39, 0.29) is 23.7 Å². The molecule has 4 rings (SSSR count). The number of likely N-dealkylation sites (tertiary alicyclic amines) is 1. The summed E-state index contributed by atoms with van der Waals surface area (Å²) in [6, 6.07) is 16.8. The van der Waals surface area contributed by atoms with Gasteiger partial charge < -0.3 is 10.5 Å². The molecule has 4 atom stereocenters. The fourth-order valence-corrected chi connectivity index (χ4v) is 5.75. The molecule has 2 aliphatic rings. The van der Waals surface area contributed by atoms with Gasteiger partial charge in [-0.15, -0.1) is 0 Å². The second kappa shape index (κ2) is 11.6. The molecular weight excluding hydrogens is 429 g/mol. The Balaban J connectivity index is 1.33. The highest BCUT2D eigenvalue weighted by atomic mass is 19.1. The normalized spacial score (nSPS) is 24.3. The summed E-state index contributed by atoms with van der Waals surface area (Å²) in [4.78, 5) is 15.6. The molecule has 6 heteroatoms. The molecule has 2 N–H and O–H groups in total. The lowest BCUT2D eigenvalue weighted by Crippen LogP contribution is -2.58. The topological polar surface area (TPSA) is 64.9 Å². The number of nitrogens with one attached hydrogen (secondary N) is 1. The van der Waals surface area contributed by atoms with Gasteiger partial charge in [-0.3, -0.25) is 9.69 Å². The zero-order valence-electron chi connectivity index (χ0n) is 20.0. The number of carbonyl (C=O) groups excluding carboxylic acids is 1. The van der Waals surface area contributed by atoms with Crippen LogP contribution in [0.5, 0.6) is 0 Å². The van der Waals surface area contributed by atoms with E-state index >= 15 is 0 Å². The van der Waals surface area contributed by atoms with Gasteiger partial charge in [0.05, 0.1) is 11.6 Å². The van der Waals surface area contributed by atoms with Crippen molar-refractivity contribution in [3.63, 3.8) is 0 Å². The first kappa shape index (κ1) is 24.4. The third kappa shape index (κ3) is 5.84. The first-order chi connectivity index (χ1) is 16.6. The first-order valence-electron chi connectivity index (χ1n) is 12.6. The van der Waals surface area contributed by atoms with E-state index in [0.717, 1.165) is 43.5 Å². The second-order valence-corrected chi connectivity index (χ2v) is 9.74. The minimum absolute atomic E-state index is 0.122. The second-order valence-electron chi connectivity index (χ2n) is 9.74. The van der Waals surface area contributed by atoms with E-state index < -0.39 is 0 Å². The van der Waals surface area contributed by atoms with Crippen LogP contribution in [0.3, 0.4) is 0 Å². The molecule has 1 heterocycles. The summed E-state index contributed by atoms with van der Waals surface area (Å²) in [5.41, 5.74) is 2.41. The maximum atomic E-state index is 13.2. The largest absolute Gasteiger partial charge is 0.411 e. The Hall–Kier alpha value is -2.73. The molecule has 1 aliphatic carbocycles. The smallest absolute Gasteiger partial charge is 0.227 e. The molecule has 0 spiro atoms. The Morgan fingerprint density at radius 1 is 1.12 bits per heavy atom. The molecule has 1 amide bonds. The summed E-state index contributed by atoms with van der Waals surface area (Å²) in [7, 11) is 0. The quantitative estimate of drug-likeness (QED) is 0.314. The monoisotopic (exact) mass is 465 g/mol. The standard InChI is InChI=1S/C28H36FN3O2/c1-20(21-8-3-2-4-9-21)28(33)30-26-17-19-32(27-12-6-5-10-24(26)27)18-7-11-25(31-34)22-13-15-23(29)16-14-22/h2-4,8-9,13-16,20,24,26-27,34H,5-7,10-12,17-19H2,1H3,(H,30,33)/b31-25+. The first-order valence-corrected chi connectivity index (χ1v) is 12.6. The minimum atomic E-state index is -0.294. The predicted molar refractivity (Wildman–Crippen MR) is 133 cm³/mol. The predicted octanol–water partition coefficient (Wildman–Crippen LogP) is 5.34. The number of hydrogen-bond acceptors (Lipinski definition) is 4. The van der Waals surface area contributed by atoms with Crippen molar-refractivity contribution in [1.82, 2.24) is 10.2 Å². The van der Waals surface area contributed by atoms with E-state index in [2.05, 4.69) is 15.4 Å². The number of benzene rings is 2. The summed E-state index contributed by atoms with van der Waals surface area (Å²) in [6.45, 7) is 3.88. The van der Waals surface area contributed by atoms with Crippen LogP contribution in [0, 0.1) is 11.7 Å². The minimum Gasteiger partial charge on any atom is -0.411 e. The van der Waals surface area contributed by atoms with Gasteiger partial charge in [-0.1, -0.05) is 60.5 Å². The summed E-state index contributed by atoms with van der Waals surface area (Å²) in [6.07, 6.45) is 7.27. The number of piperidine rings is 1. The number of nitrogens with zero attached hydrogens (tertiary/aromatic N) is 2. The van der Waals surface area contributed by atoms with Gasteiger partial charge in [0, 0.05) is 18.6 Å². The maximum Gasteiger partial charge on any atom is 0.227 e. The molecule has 2 fully saturated rings. The summed E-state index contributed by atoms with van der Waals surface area (Å²) in [5.74, 6) is 0.163. The lowest BCUT2D eigenvalue weighted by Gasteiger charge is -2.48. The van der Waals surface area contributed by atoms with Gasteiger partial charge in [0.15, 0.2) is 0 Å². The fraction of sp³-hybridized carbons (Fsp3) is 0.500. The van der Waals surface area contributed by atoms with Crippen LogP contribution < -0.4 is 5.32 Å². The van der Waals surface area contributed by atoms with Crippen LogP contribution in [0.2, 0.25) is 0 Å². The third-order valence-electron chi connectivity index (χ3n) is 7.67. The third-order valence-corrected chi connectivity index (χ3v) is 7.67.